The lowest BCUT2D eigenvalue weighted by Crippen LogP contribution is -2.22. The van der Waals surface area contributed by atoms with Crippen LogP contribution in [0.3, 0.4) is 0 Å². The first-order valence-electron chi connectivity index (χ1n) is 9.80. The Hall–Kier alpha value is -2.16. The third kappa shape index (κ3) is 4.45. The molecule has 3 rings (SSSR count). The minimum absolute atomic E-state index is 0.234. The molecule has 0 atom stereocenters. The molecule has 3 aromatic rings. The van der Waals surface area contributed by atoms with Crippen molar-refractivity contribution in [3.05, 3.63) is 53.6 Å². The summed E-state index contributed by atoms with van der Waals surface area (Å²) in [5.74, 6) is 2.06. The van der Waals surface area contributed by atoms with Crippen molar-refractivity contribution in [1.29, 1.82) is 0 Å². The number of para-hydroxylation sites is 1. The molecule has 0 saturated heterocycles. The first-order chi connectivity index (χ1) is 14.1. The molecule has 0 radical (unpaired) electrons. The third-order valence-corrected chi connectivity index (χ3v) is 7.88. The van der Waals surface area contributed by atoms with Crippen LogP contribution in [-0.2, 0) is 10.0 Å². The minimum Gasteiger partial charge on any atom is -0.269 e. The SMILES string of the molecule is Cc1cccc(C)c1-n1c(SCC(C)C)nnc1-c1cccc(S(=O)(=O)N(C)C)c1. The van der Waals surface area contributed by atoms with E-state index in [9.17, 15) is 8.42 Å². The highest BCUT2D eigenvalue weighted by Gasteiger charge is 2.22. The molecule has 0 aliphatic heterocycles. The Kier molecular flexibility index (Phi) is 6.69. The lowest BCUT2D eigenvalue weighted by Gasteiger charge is -2.17. The summed E-state index contributed by atoms with van der Waals surface area (Å²) in [6, 6.07) is 13.1. The summed E-state index contributed by atoms with van der Waals surface area (Å²) in [6.45, 7) is 8.47. The fraction of sp³-hybridized carbons (Fsp3) is 0.364. The van der Waals surface area contributed by atoms with Gasteiger partial charge in [0.05, 0.1) is 10.6 Å². The Morgan fingerprint density at radius 3 is 2.27 bits per heavy atom. The van der Waals surface area contributed by atoms with Crippen LogP contribution < -0.4 is 0 Å². The first kappa shape index (κ1) is 22.5. The standard InChI is InChI=1S/C22H28N4O2S2/c1-15(2)14-29-22-24-23-21(26(22)20-16(3)9-7-10-17(20)4)18-11-8-12-19(13-18)30(27,28)25(5)6/h7-13,15H,14H2,1-6H3. The summed E-state index contributed by atoms with van der Waals surface area (Å²) in [5.41, 5.74) is 3.97. The lowest BCUT2D eigenvalue weighted by atomic mass is 10.1. The van der Waals surface area contributed by atoms with Crippen LogP contribution in [0.4, 0.5) is 0 Å². The van der Waals surface area contributed by atoms with Crippen LogP contribution in [0.15, 0.2) is 52.5 Å². The molecule has 0 bridgehead atoms. The van der Waals surface area contributed by atoms with E-state index in [1.54, 1.807) is 30.0 Å². The number of thioether (sulfide) groups is 1. The summed E-state index contributed by atoms with van der Waals surface area (Å²) in [6.07, 6.45) is 0. The van der Waals surface area contributed by atoms with Gasteiger partial charge in [0.15, 0.2) is 11.0 Å². The second kappa shape index (κ2) is 8.91. The van der Waals surface area contributed by atoms with Crippen LogP contribution >= 0.6 is 11.8 Å². The number of rotatable bonds is 7. The molecule has 6 nitrogen and oxygen atoms in total. The van der Waals surface area contributed by atoms with E-state index in [-0.39, 0.29) is 4.90 Å². The van der Waals surface area contributed by atoms with Crippen LogP contribution in [0, 0.1) is 19.8 Å². The molecule has 8 heteroatoms. The summed E-state index contributed by atoms with van der Waals surface area (Å²) in [5, 5.41) is 9.74. The van der Waals surface area contributed by atoms with Crippen molar-refractivity contribution >= 4 is 21.8 Å². The van der Waals surface area contributed by atoms with Crippen molar-refractivity contribution in [2.75, 3.05) is 19.8 Å². The lowest BCUT2D eigenvalue weighted by molar-refractivity contribution is 0.521. The Morgan fingerprint density at radius 2 is 1.67 bits per heavy atom. The van der Waals surface area contributed by atoms with Gasteiger partial charge in [-0.2, -0.15) is 0 Å². The second-order valence-corrected chi connectivity index (χ2v) is 11.0. The molecule has 0 N–H and O–H groups in total. The molecule has 1 aromatic heterocycles. The van der Waals surface area contributed by atoms with Gasteiger partial charge in [0.25, 0.3) is 0 Å². The number of aryl methyl sites for hydroxylation is 2. The third-order valence-electron chi connectivity index (χ3n) is 4.71. The molecule has 0 spiro atoms. The quantitative estimate of drug-likeness (QED) is 0.500. The molecule has 0 saturated carbocycles. The average molecular weight is 445 g/mol. The predicted octanol–water partition coefficient (Wildman–Crippen LogP) is 4.55. The van der Waals surface area contributed by atoms with Crippen LogP contribution in [-0.4, -0.2) is 47.3 Å². The normalized spacial score (nSPS) is 12.1. The average Bonchev–Trinajstić information content (AvgIpc) is 3.10. The Labute approximate surface area is 183 Å². The predicted molar refractivity (Wildman–Crippen MR) is 123 cm³/mol. The van der Waals surface area contributed by atoms with Gasteiger partial charge in [-0.1, -0.05) is 55.9 Å². The van der Waals surface area contributed by atoms with Gasteiger partial charge in [-0.25, -0.2) is 12.7 Å². The van der Waals surface area contributed by atoms with E-state index in [2.05, 4.69) is 54.6 Å². The summed E-state index contributed by atoms with van der Waals surface area (Å²) >= 11 is 1.66. The molecule has 160 valence electrons. The Bertz CT molecular complexity index is 1130. The maximum absolute atomic E-state index is 12.6. The molecular weight excluding hydrogens is 416 g/mol. The molecule has 0 unspecified atom stereocenters. The van der Waals surface area contributed by atoms with Crippen LogP contribution in [0.2, 0.25) is 0 Å². The molecule has 0 aliphatic rings. The van der Waals surface area contributed by atoms with Gasteiger partial charge < -0.3 is 0 Å². The number of hydrogen-bond donors (Lipinski definition) is 0. The summed E-state index contributed by atoms with van der Waals surface area (Å²) in [7, 11) is -0.486. The van der Waals surface area contributed by atoms with Crippen molar-refractivity contribution in [2.45, 2.75) is 37.7 Å². The highest BCUT2D eigenvalue weighted by atomic mass is 32.2. The van der Waals surface area contributed by atoms with E-state index in [1.807, 2.05) is 12.1 Å². The zero-order valence-electron chi connectivity index (χ0n) is 18.2. The Balaban J connectivity index is 2.22. The fourth-order valence-electron chi connectivity index (χ4n) is 3.16. The molecule has 1 heterocycles. The van der Waals surface area contributed by atoms with Crippen LogP contribution in [0.5, 0.6) is 0 Å². The van der Waals surface area contributed by atoms with Gasteiger partial charge >= 0.3 is 0 Å². The van der Waals surface area contributed by atoms with Gasteiger partial charge in [0.1, 0.15) is 0 Å². The number of sulfonamides is 1. The van der Waals surface area contributed by atoms with Crippen molar-refractivity contribution in [1.82, 2.24) is 19.1 Å². The fourth-order valence-corrected chi connectivity index (χ4v) is 4.99. The topological polar surface area (TPSA) is 68.1 Å². The minimum atomic E-state index is -3.55. The Morgan fingerprint density at radius 1 is 1.03 bits per heavy atom. The van der Waals surface area contributed by atoms with Gasteiger partial charge in [0.2, 0.25) is 10.0 Å². The monoisotopic (exact) mass is 444 g/mol. The summed E-state index contributed by atoms with van der Waals surface area (Å²) in [4.78, 5) is 0.234. The van der Waals surface area contributed by atoms with Gasteiger partial charge in [-0.05, 0) is 43.0 Å². The van der Waals surface area contributed by atoms with E-state index in [1.165, 1.54) is 18.4 Å². The van der Waals surface area contributed by atoms with E-state index in [0.29, 0.717) is 17.3 Å². The van der Waals surface area contributed by atoms with E-state index in [4.69, 9.17) is 0 Å². The van der Waals surface area contributed by atoms with Gasteiger partial charge in [-0.15, -0.1) is 10.2 Å². The molecule has 0 aliphatic carbocycles. The molecule has 0 amide bonds. The number of benzene rings is 2. The smallest absolute Gasteiger partial charge is 0.242 e. The molecule has 0 fully saturated rings. The number of aromatic nitrogens is 3. The maximum Gasteiger partial charge on any atom is 0.242 e. The number of hydrogen-bond acceptors (Lipinski definition) is 5. The van der Waals surface area contributed by atoms with E-state index < -0.39 is 10.0 Å². The number of nitrogens with zero attached hydrogens (tertiary/aromatic N) is 4. The summed E-state index contributed by atoms with van der Waals surface area (Å²) < 4.78 is 28.5. The molecular formula is C22H28N4O2S2. The van der Waals surface area contributed by atoms with Crippen molar-refractivity contribution < 1.29 is 8.42 Å². The van der Waals surface area contributed by atoms with Crippen molar-refractivity contribution in [2.24, 2.45) is 5.92 Å². The molecule has 30 heavy (non-hydrogen) atoms. The van der Waals surface area contributed by atoms with Crippen LogP contribution in [0.25, 0.3) is 17.1 Å². The zero-order chi connectivity index (χ0) is 22.1. The highest BCUT2D eigenvalue weighted by Crippen LogP contribution is 2.32. The van der Waals surface area contributed by atoms with Crippen molar-refractivity contribution in [3.8, 4) is 17.1 Å². The van der Waals surface area contributed by atoms with Gasteiger partial charge in [-0.3, -0.25) is 4.57 Å². The molecule has 2 aromatic carbocycles. The van der Waals surface area contributed by atoms with E-state index >= 15 is 0 Å². The largest absolute Gasteiger partial charge is 0.269 e. The second-order valence-electron chi connectivity index (χ2n) is 7.90. The zero-order valence-corrected chi connectivity index (χ0v) is 19.9. The van der Waals surface area contributed by atoms with Gasteiger partial charge in [0, 0.05) is 25.4 Å². The van der Waals surface area contributed by atoms with Crippen LogP contribution in [0.1, 0.15) is 25.0 Å². The maximum atomic E-state index is 12.6. The highest BCUT2D eigenvalue weighted by molar-refractivity contribution is 7.99. The first-order valence-corrected chi connectivity index (χ1v) is 12.2. The van der Waals surface area contributed by atoms with E-state index in [0.717, 1.165) is 27.7 Å². The van der Waals surface area contributed by atoms with Crippen molar-refractivity contribution in [3.63, 3.8) is 0 Å².